The van der Waals surface area contributed by atoms with Crippen LogP contribution in [0, 0.1) is 6.92 Å². The van der Waals surface area contributed by atoms with Crippen LogP contribution in [0.4, 0.5) is 5.82 Å². The molecule has 4 nitrogen and oxygen atoms in total. The fourth-order valence-corrected chi connectivity index (χ4v) is 3.28. The highest BCUT2D eigenvalue weighted by molar-refractivity contribution is 7.14. The van der Waals surface area contributed by atoms with Crippen molar-refractivity contribution >= 4 is 23.1 Å². The van der Waals surface area contributed by atoms with Gasteiger partial charge in [0.05, 0.1) is 10.6 Å². The summed E-state index contributed by atoms with van der Waals surface area (Å²) in [5.41, 5.74) is 2.19. The van der Waals surface area contributed by atoms with Gasteiger partial charge in [-0.05, 0) is 37.1 Å². The summed E-state index contributed by atoms with van der Waals surface area (Å²) in [5.74, 6) is 0.448. The van der Waals surface area contributed by atoms with Crippen molar-refractivity contribution in [1.29, 1.82) is 0 Å². The molecule has 3 aromatic rings. The van der Waals surface area contributed by atoms with Crippen LogP contribution >= 0.6 is 11.3 Å². The summed E-state index contributed by atoms with van der Waals surface area (Å²) in [6, 6.07) is 13.6. The number of para-hydroxylation sites is 1. The number of hydrogen-bond acceptors (Lipinski definition) is 3. The van der Waals surface area contributed by atoms with E-state index in [0.29, 0.717) is 5.82 Å². The topological polar surface area (TPSA) is 46.9 Å². The third kappa shape index (κ3) is 2.94. The Hall–Kier alpha value is -2.40. The fraction of sp³-hybridized carbons (Fsp3) is 0.176. The first-order valence-electron chi connectivity index (χ1n) is 7.19. The highest BCUT2D eigenvalue weighted by atomic mass is 32.1. The molecule has 1 aromatic carbocycles. The third-order valence-electron chi connectivity index (χ3n) is 3.48. The molecule has 0 spiro atoms. The average Bonchev–Trinajstić information content (AvgIpc) is 3.14. The molecule has 22 heavy (non-hydrogen) atoms. The zero-order valence-corrected chi connectivity index (χ0v) is 13.4. The van der Waals surface area contributed by atoms with Crippen LogP contribution in [-0.2, 0) is 6.42 Å². The lowest BCUT2D eigenvalue weighted by Gasteiger charge is -2.01. The number of carbonyl (C=O) groups excluding carboxylic acids is 1. The van der Waals surface area contributed by atoms with Crippen molar-refractivity contribution in [3.8, 4) is 5.69 Å². The number of nitrogens with one attached hydrogen (secondary N) is 1. The molecule has 0 saturated carbocycles. The van der Waals surface area contributed by atoms with Crippen LogP contribution in [0.15, 0.2) is 48.7 Å². The monoisotopic (exact) mass is 311 g/mol. The minimum atomic E-state index is -0.105. The molecule has 0 radical (unpaired) electrons. The first kappa shape index (κ1) is 14.5. The second kappa shape index (κ2) is 6.15. The third-order valence-corrected chi connectivity index (χ3v) is 4.57. The van der Waals surface area contributed by atoms with Gasteiger partial charge in [0.15, 0.2) is 5.82 Å². The summed E-state index contributed by atoms with van der Waals surface area (Å²) in [7, 11) is 0. The van der Waals surface area contributed by atoms with Crippen LogP contribution in [0.25, 0.3) is 5.69 Å². The summed E-state index contributed by atoms with van der Waals surface area (Å²) < 4.78 is 1.74. The van der Waals surface area contributed by atoms with Crippen LogP contribution in [0.3, 0.4) is 0 Å². The van der Waals surface area contributed by atoms with E-state index >= 15 is 0 Å². The van der Waals surface area contributed by atoms with Crippen molar-refractivity contribution in [1.82, 2.24) is 9.78 Å². The maximum atomic E-state index is 12.3. The Bertz CT molecular complexity index is 789. The van der Waals surface area contributed by atoms with Gasteiger partial charge in [-0.1, -0.05) is 25.1 Å². The molecule has 0 aliphatic rings. The molecule has 0 aliphatic heterocycles. The van der Waals surface area contributed by atoms with E-state index in [2.05, 4.69) is 17.3 Å². The molecule has 1 N–H and O–H groups in total. The van der Waals surface area contributed by atoms with E-state index in [-0.39, 0.29) is 5.91 Å². The van der Waals surface area contributed by atoms with Gasteiger partial charge >= 0.3 is 0 Å². The highest BCUT2D eigenvalue weighted by Gasteiger charge is 2.13. The smallest absolute Gasteiger partial charge is 0.266 e. The molecule has 112 valence electrons. The molecule has 0 aliphatic carbocycles. The predicted molar refractivity (Wildman–Crippen MR) is 90.0 cm³/mol. The van der Waals surface area contributed by atoms with E-state index in [9.17, 15) is 4.79 Å². The van der Waals surface area contributed by atoms with Crippen molar-refractivity contribution in [2.45, 2.75) is 20.3 Å². The van der Waals surface area contributed by atoms with Gasteiger partial charge in [-0.15, -0.1) is 11.3 Å². The van der Waals surface area contributed by atoms with E-state index < -0.39 is 0 Å². The summed E-state index contributed by atoms with van der Waals surface area (Å²) in [4.78, 5) is 14.2. The van der Waals surface area contributed by atoms with Gasteiger partial charge in [0, 0.05) is 17.1 Å². The number of aryl methyl sites for hydroxylation is 2. The lowest BCUT2D eigenvalue weighted by Crippen LogP contribution is -2.11. The van der Waals surface area contributed by atoms with Crippen LogP contribution < -0.4 is 5.32 Å². The number of rotatable bonds is 4. The molecular formula is C17H17N3OS. The standard InChI is InChI=1S/C17H17N3OS/c1-3-13-11-15(22-12(13)2)17(21)18-16-9-10-20(19-16)14-7-5-4-6-8-14/h4-11H,3H2,1-2H3,(H,18,19,21). The van der Waals surface area contributed by atoms with Gasteiger partial charge in [0.2, 0.25) is 0 Å². The lowest BCUT2D eigenvalue weighted by molar-refractivity contribution is 0.103. The Balaban J connectivity index is 1.76. The Morgan fingerprint density at radius 1 is 1.27 bits per heavy atom. The van der Waals surface area contributed by atoms with Crippen molar-refractivity contribution in [3.63, 3.8) is 0 Å². The minimum absolute atomic E-state index is 0.105. The van der Waals surface area contributed by atoms with Gasteiger partial charge in [-0.3, -0.25) is 4.79 Å². The number of hydrogen-bond donors (Lipinski definition) is 1. The average molecular weight is 311 g/mol. The summed E-state index contributed by atoms with van der Waals surface area (Å²) in [5, 5.41) is 7.24. The molecule has 2 heterocycles. The Morgan fingerprint density at radius 2 is 2.05 bits per heavy atom. The molecule has 5 heteroatoms. The molecule has 0 unspecified atom stereocenters. The molecule has 0 saturated heterocycles. The van der Waals surface area contributed by atoms with Crippen molar-refractivity contribution in [2.75, 3.05) is 5.32 Å². The van der Waals surface area contributed by atoms with Crippen molar-refractivity contribution in [3.05, 3.63) is 64.0 Å². The maximum absolute atomic E-state index is 12.3. The van der Waals surface area contributed by atoms with Crippen LogP contribution in [-0.4, -0.2) is 15.7 Å². The van der Waals surface area contributed by atoms with Gasteiger partial charge in [0.25, 0.3) is 5.91 Å². The van der Waals surface area contributed by atoms with Crippen LogP contribution in [0.1, 0.15) is 27.0 Å². The second-order valence-corrected chi connectivity index (χ2v) is 6.24. The molecule has 1 amide bonds. The van der Waals surface area contributed by atoms with E-state index in [1.165, 1.54) is 21.8 Å². The number of benzene rings is 1. The molecule has 0 atom stereocenters. The molecule has 2 aromatic heterocycles. The van der Waals surface area contributed by atoms with E-state index in [4.69, 9.17) is 0 Å². The quantitative estimate of drug-likeness (QED) is 0.790. The summed E-state index contributed by atoms with van der Waals surface area (Å²) in [6.45, 7) is 4.14. The number of amides is 1. The SMILES string of the molecule is CCc1cc(C(=O)Nc2ccn(-c3ccccc3)n2)sc1C. The minimum Gasteiger partial charge on any atom is -0.304 e. The highest BCUT2D eigenvalue weighted by Crippen LogP contribution is 2.23. The normalized spacial score (nSPS) is 10.6. The zero-order chi connectivity index (χ0) is 15.5. The first-order valence-corrected chi connectivity index (χ1v) is 8.00. The fourth-order valence-electron chi connectivity index (χ4n) is 2.28. The van der Waals surface area contributed by atoms with Gasteiger partial charge in [-0.25, -0.2) is 4.68 Å². The Morgan fingerprint density at radius 3 is 2.73 bits per heavy atom. The largest absolute Gasteiger partial charge is 0.304 e. The van der Waals surface area contributed by atoms with Crippen molar-refractivity contribution in [2.24, 2.45) is 0 Å². The Kier molecular flexibility index (Phi) is 4.06. The number of thiophene rings is 1. The van der Waals surface area contributed by atoms with E-state index in [1.807, 2.05) is 49.5 Å². The number of aromatic nitrogens is 2. The molecule has 0 bridgehead atoms. The number of anilines is 1. The molecule has 3 rings (SSSR count). The van der Waals surface area contributed by atoms with Crippen LogP contribution in [0.2, 0.25) is 0 Å². The lowest BCUT2D eigenvalue weighted by atomic mass is 10.2. The van der Waals surface area contributed by atoms with Gasteiger partial charge in [0.1, 0.15) is 0 Å². The molecular weight excluding hydrogens is 294 g/mol. The van der Waals surface area contributed by atoms with E-state index in [0.717, 1.165) is 17.0 Å². The maximum Gasteiger partial charge on any atom is 0.266 e. The molecule has 0 fully saturated rings. The van der Waals surface area contributed by atoms with Gasteiger partial charge < -0.3 is 5.32 Å². The summed E-state index contributed by atoms with van der Waals surface area (Å²) >= 11 is 1.52. The predicted octanol–water partition coefficient (Wildman–Crippen LogP) is 4.06. The zero-order valence-electron chi connectivity index (χ0n) is 12.5. The second-order valence-electron chi connectivity index (χ2n) is 4.98. The van der Waals surface area contributed by atoms with Gasteiger partial charge in [-0.2, -0.15) is 5.10 Å². The van der Waals surface area contributed by atoms with E-state index in [1.54, 1.807) is 10.7 Å². The Labute approximate surface area is 133 Å². The number of carbonyl (C=O) groups is 1. The number of nitrogens with zero attached hydrogens (tertiary/aromatic N) is 2. The first-order chi connectivity index (χ1) is 10.7. The summed E-state index contributed by atoms with van der Waals surface area (Å²) in [6.07, 6.45) is 2.78. The van der Waals surface area contributed by atoms with Crippen LogP contribution in [0.5, 0.6) is 0 Å². The van der Waals surface area contributed by atoms with Crippen molar-refractivity contribution < 1.29 is 4.79 Å².